The van der Waals surface area contributed by atoms with E-state index in [0.717, 1.165) is 10.0 Å². The number of hydrogen-bond acceptors (Lipinski definition) is 3. The van der Waals surface area contributed by atoms with Crippen LogP contribution in [0.2, 0.25) is 0 Å². The first-order chi connectivity index (χ1) is 8.85. The van der Waals surface area contributed by atoms with E-state index < -0.39 is 0 Å². The van der Waals surface area contributed by atoms with Gasteiger partial charge in [0.05, 0.1) is 13.0 Å². The Morgan fingerprint density at radius 1 is 1.37 bits per heavy atom. The molecule has 0 N–H and O–H groups in total. The second-order valence-corrected chi connectivity index (χ2v) is 5.54. The molecule has 0 radical (unpaired) electrons. The Bertz CT molecular complexity index is 467. The maximum absolute atomic E-state index is 12.2. The average molecular weight is 328 g/mol. The van der Waals surface area contributed by atoms with Crippen molar-refractivity contribution in [1.29, 1.82) is 0 Å². The molecule has 0 aromatic heterocycles. The van der Waals surface area contributed by atoms with Gasteiger partial charge in [0.2, 0.25) is 0 Å². The summed E-state index contributed by atoms with van der Waals surface area (Å²) in [4.78, 5) is 25.1. The van der Waals surface area contributed by atoms with Crippen molar-refractivity contribution in [3.05, 3.63) is 33.8 Å². The molecule has 4 nitrogen and oxygen atoms in total. The zero-order valence-electron chi connectivity index (χ0n) is 11.6. The summed E-state index contributed by atoms with van der Waals surface area (Å²) in [6.07, 6.45) is 0. The van der Waals surface area contributed by atoms with Gasteiger partial charge < -0.3 is 9.64 Å². The van der Waals surface area contributed by atoms with Crippen LogP contribution < -0.4 is 0 Å². The largest absolute Gasteiger partial charge is 0.469 e. The van der Waals surface area contributed by atoms with Crippen LogP contribution in [0.15, 0.2) is 22.7 Å². The molecule has 0 fully saturated rings. The number of nitrogens with zero attached hydrogens (tertiary/aromatic N) is 1. The van der Waals surface area contributed by atoms with Gasteiger partial charge in [0, 0.05) is 23.6 Å². The van der Waals surface area contributed by atoms with Gasteiger partial charge in [0.15, 0.2) is 0 Å². The molecule has 5 heteroatoms. The van der Waals surface area contributed by atoms with Gasteiger partial charge in [-0.1, -0.05) is 22.9 Å². The third-order valence-corrected chi connectivity index (χ3v) is 3.24. The lowest BCUT2D eigenvalue weighted by Gasteiger charge is -2.20. The van der Waals surface area contributed by atoms with Gasteiger partial charge in [0.1, 0.15) is 0 Å². The summed E-state index contributed by atoms with van der Waals surface area (Å²) in [5.41, 5.74) is 1.61. The highest BCUT2D eigenvalue weighted by atomic mass is 79.9. The number of carbonyl (C=O) groups is 2. The summed E-state index contributed by atoms with van der Waals surface area (Å²) in [5.74, 6) is -0.766. The molecule has 19 heavy (non-hydrogen) atoms. The first-order valence-corrected chi connectivity index (χ1v) is 6.75. The quantitative estimate of drug-likeness (QED) is 0.799. The molecule has 1 amide bonds. The highest BCUT2D eigenvalue weighted by molar-refractivity contribution is 9.10. The van der Waals surface area contributed by atoms with Gasteiger partial charge in [-0.25, -0.2) is 0 Å². The van der Waals surface area contributed by atoms with Crippen molar-refractivity contribution >= 4 is 27.8 Å². The van der Waals surface area contributed by atoms with Crippen molar-refractivity contribution in [3.63, 3.8) is 0 Å². The molecule has 1 rings (SSSR count). The molecule has 1 atom stereocenters. The molecule has 0 spiro atoms. The minimum Gasteiger partial charge on any atom is -0.469 e. The number of rotatable bonds is 4. The van der Waals surface area contributed by atoms with Crippen molar-refractivity contribution in [2.24, 2.45) is 5.92 Å². The zero-order valence-corrected chi connectivity index (χ0v) is 13.2. The molecule has 0 saturated heterocycles. The number of aryl methyl sites for hydroxylation is 1. The topological polar surface area (TPSA) is 46.6 Å². The van der Waals surface area contributed by atoms with Crippen molar-refractivity contribution < 1.29 is 14.3 Å². The predicted molar refractivity (Wildman–Crippen MR) is 77.0 cm³/mol. The normalized spacial score (nSPS) is 11.8. The van der Waals surface area contributed by atoms with Crippen LogP contribution >= 0.6 is 15.9 Å². The summed E-state index contributed by atoms with van der Waals surface area (Å²) in [6.45, 7) is 4.00. The average Bonchev–Trinajstić information content (AvgIpc) is 2.35. The molecule has 0 aliphatic heterocycles. The van der Waals surface area contributed by atoms with E-state index in [2.05, 4.69) is 20.7 Å². The molecule has 0 saturated carbocycles. The first-order valence-electron chi connectivity index (χ1n) is 5.95. The second kappa shape index (κ2) is 6.70. The van der Waals surface area contributed by atoms with E-state index in [1.165, 1.54) is 12.0 Å². The summed E-state index contributed by atoms with van der Waals surface area (Å²) in [7, 11) is 3.02. The molecular weight excluding hydrogens is 310 g/mol. The predicted octanol–water partition coefficient (Wildman–Crippen LogP) is 2.64. The number of amides is 1. The Kier molecular flexibility index (Phi) is 5.54. The fourth-order valence-electron chi connectivity index (χ4n) is 1.85. The molecule has 0 bridgehead atoms. The lowest BCUT2D eigenvalue weighted by molar-refractivity contribution is -0.145. The third kappa shape index (κ3) is 4.35. The molecule has 0 aliphatic rings. The van der Waals surface area contributed by atoms with E-state index in [-0.39, 0.29) is 17.8 Å². The van der Waals surface area contributed by atoms with Crippen molar-refractivity contribution in [2.45, 2.75) is 13.8 Å². The maximum atomic E-state index is 12.2. The second-order valence-electron chi connectivity index (χ2n) is 4.63. The van der Waals surface area contributed by atoms with E-state index in [1.54, 1.807) is 20.0 Å². The molecule has 1 unspecified atom stereocenters. The molecule has 1 aromatic carbocycles. The number of esters is 1. The van der Waals surface area contributed by atoms with Gasteiger partial charge in [-0.15, -0.1) is 0 Å². The lowest BCUT2D eigenvalue weighted by Crippen LogP contribution is -2.34. The molecule has 0 heterocycles. The Morgan fingerprint density at radius 2 is 2.00 bits per heavy atom. The highest BCUT2D eigenvalue weighted by Crippen LogP contribution is 2.17. The number of ether oxygens (including phenoxy) is 1. The Hall–Kier alpha value is -1.36. The van der Waals surface area contributed by atoms with Gasteiger partial charge in [-0.3, -0.25) is 9.59 Å². The SMILES string of the molecule is COC(=O)C(C)CN(C)C(=O)c1cc(C)cc(Br)c1. The smallest absolute Gasteiger partial charge is 0.310 e. The number of halogens is 1. The van der Waals surface area contributed by atoms with Crippen LogP contribution in [0.1, 0.15) is 22.8 Å². The highest BCUT2D eigenvalue weighted by Gasteiger charge is 2.19. The monoisotopic (exact) mass is 327 g/mol. The van der Waals surface area contributed by atoms with Crippen LogP contribution in [0.25, 0.3) is 0 Å². The van der Waals surface area contributed by atoms with Gasteiger partial charge in [-0.2, -0.15) is 0 Å². The van der Waals surface area contributed by atoms with E-state index in [0.29, 0.717) is 12.1 Å². The molecule has 104 valence electrons. The van der Waals surface area contributed by atoms with Crippen molar-refractivity contribution in [2.75, 3.05) is 20.7 Å². The Morgan fingerprint density at radius 3 is 2.53 bits per heavy atom. The van der Waals surface area contributed by atoms with Crippen LogP contribution in [0.5, 0.6) is 0 Å². The van der Waals surface area contributed by atoms with Crippen LogP contribution in [-0.4, -0.2) is 37.5 Å². The fourth-order valence-corrected chi connectivity index (χ4v) is 2.46. The minimum atomic E-state index is -0.341. The summed E-state index contributed by atoms with van der Waals surface area (Å²) < 4.78 is 5.52. The van der Waals surface area contributed by atoms with E-state index in [9.17, 15) is 9.59 Å². The number of benzene rings is 1. The number of methoxy groups -OCH3 is 1. The minimum absolute atomic E-state index is 0.111. The fraction of sp³-hybridized carbons (Fsp3) is 0.429. The summed E-state index contributed by atoms with van der Waals surface area (Å²) in [5, 5.41) is 0. The number of hydrogen-bond donors (Lipinski definition) is 0. The van der Waals surface area contributed by atoms with Crippen molar-refractivity contribution in [3.8, 4) is 0 Å². The standard InChI is InChI=1S/C14H18BrNO3/c1-9-5-11(7-12(15)6-9)13(17)16(3)8-10(2)14(18)19-4/h5-7,10H,8H2,1-4H3. The molecule has 1 aromatic rings. The van der Waals surface area contributed by atoms with Gasteiger partial charge in [-0.05, 0) is 30.7 Å². The van der Waals surface area contributed by atoms with Crippen LogP contribution in [-0.2, 0) is 9.53 Å². The van der Waals surface area contributed by atoms with E-state index in [4.69, 9.17) is 0 Å². The van der Waals surface area contributed by atoms with E-state index in [1.807, 2.05) is 19.1 Å². The number of carbonyl (C=O) groups excluding carboxylic acids is 2. The first kappa shape index (κ1) is 15.7. The van der Waals surface area contributed by atoms with Crippen LogP contribution in [0.4, 0.5) is 0 Å². The van der Waals surface area contributed by atoms with Gasteiger partial charge in [0.25, 0.3) is 5.91 Å². The van der Waals surface area contributed by atoms with Crippen molar-refractivity contribution in [1.82, 2.24) is 4.90 Å². The summed E-state index contributed by atoms with van der Waals surface area (Å²) >= 11 is 3.37. The summed E-state index contributed by atoms with van der Waals surface area (Å²) in [6, 6.07) is 5.54. The van der Waals surface area contributed by atoms with Crippen LogP contribution in [0, 0.1) is 12.8 Å². The van der Waals surface area contributed by atoms with Gasteiger partial charge >= 0.3 is 5.97 Å². The van der Waals surface area contributed by atoms with E-state index >= 15 is 0 Å². The zero-order chi connectivity index (χ0) is 14.6. The maximum Gasteiger partial charge on any atom is 0.310 e. The lowest BCUT2D eigenvalue weighted by atomic mass is 10.1. The van der Waals surface area contributed by atoms with Crippen LogP contribution in [0.3, 0.4) is 0 Å². The molecular formula is C14H18BrNO3. The Labute approximate surface area is 121 Å². The Balaban J connectivity index is 2.79. The molecule has 0 aliphatic carbocycles. The third-order valence-electron chi connectivity index (χ3n) is 2.79.